The molecule has 1 aliphatic carbocycles. The Bertz CT molecular complexity index is 2030. The standard InChI is InChI=1S/C39H49F3N8O3/c1-23-7-10-29-28(16-43-46-29)30(23)31-26(25-8-9-25)15-27-32(33(31)52-22-39(40,41)42)44-35(49-18-24(19-49)17-47(5)6)45-34(27)48-13-11-38(12-14-48)20-50(21-38)36(51)53-37(2,3)4/h7,10,15-16,24-25H,8-9,11-14,17-22H2,1-6H3,(H,43,46). The van der Waals surface area contributed by atoms with Crippen LogP contribution in [0.15, 0.2) is 24.4 Å². The Kier molecular flexibility index (Phi) is 8.69. The van der Waals surface area contributed by atoms with Crippen LogP contribution in [0.1, 0.15) is 63.5 Å². The zero-order chi connectivity index (χ0) is 37.4. The summed E-state index contributed by atoms with van der Waals surface area (Å²) in [6.45, 7) is 11.3. The number of hydrogen-bond donors (Lipinski definition) is 1. The van der Waals surface area contributed by atoms with Crippen LogP contribution in [0.2, 0.25) is 0 Å². The van der Waals surface area contributed by atoms with Crippen LogP contribution >= 0.6 is 0 Å². The van der Waals surface area contributed by atoms with Crippen LogP contribution in [0.4, 0.5) is 29.7 Å². The lowest BCUT2D eigenvalue weighted by molar-refractivity contribution is -0.153. The molecule has 0 bridgehead atoms. The molecule has 3 saturated heterocycles. The quantitative estimate of drug-likeness (QED) is 0.203. The Labute approximate surface area is 307 Å². The number of piperidine rings is 1. The largest absolute Gasteiger partial charge is 0.481 e. The van der Waals surface area contributed by atoms with Crippen LogP contribution < -0.4 is 14.5 Å². The van der Waals surface area contributed by atoms with Crippen molar-refractivity contribution in [2.24, 2.45) is 11.3 Å². The molecule has 4 fully saturated rings. The first-order valence-electron chi connectivity index (χ1n) is 18.7. The molecule has 5 heterocycles. The van der Waals surface area contributed by atoms with Gasteiger partial charge in [0.25, 0.3) is 0 Å². The summed E-state index contributed by atoms with van der Waals surface area (Å²) in [5.41, 5.74) is 4.00. The van der Waals surface area contributed by atoms with Crippen LogP contribution in [-0.4, -0.2) is 114 Å². The molecule has 1 amide bonds. The van der Waals surface area contributed by atoms with Crippen LogP contribution in [0.3, 0.4) is 0 Å². The first kappa shape index (κ1) is 35.7. The van der Waals surface area contributed by atoms with Crippen molar-refractivity contribution in [3.63, 3.8) is 0 Å². The van der Waals surface area contributed by atoms with E-state index in [9.17, 15) is 18.0 Å². The molecule has 53 heavy (non-hydrogen) atoms. The fourth-order valence-corrected chi connectivity index (χ4v) is 8.43. The van der Waals surface area contributed by atoms with Gasteiger partial charge < -0.3 is 29.1 Å². The number of rotatable bonds is 8. The van der Waals surface area contributed by atoms with Gasteiger partial charge in [0, 0.05) is 73.5 Å². The van der Waals surface area contributed by atoms with E-state index in [4.69, 9.17) is 19.4 Å². The second-order valence-corrected chi connectivity index (χ2v) is 17.0. The zero-order valence-corrected chi connectivity index (χ0v) is 31.4. The molecule has 0 atom stereocenters. The van der Waals surface area contributed by atoms with Crippen molar-refractivity contribution in [2.45, 2.75) is 71.1 Å². The normalized spacial score (nSPS) is 19.3. The number of benzene rings is 2. The summed E-state index contributed by atoms with van der Waals surface area (Å²) in [5, 5.41) is 8.86. The molecule has 284 valence electrons. The number of nitrogens with one attached hydrogen (secondary N) is 1. The van der Waals surface area contributed by atoms with Gasteiger partial charge in [-0.1, -0.05) is 6.07 Å². The Morgan fingerprint density at radius 1 is 1.02 bits per heavy atom. The average Bonchev–Trinajstić information content (AvgIpc) is 3.78. The number of nitrogens with zero attached hydrogens (tertiary/aromatic N) is 7. The number of amides is 1. The highest BCUT2D eigenvalue weighted by atomic mass is 19.4. The molecule has 3 aliphatic heterocycles. The lowest BCUT2D eigenvalue weighted by Gasteiger charge is -2.53. The number of H-pyrrole nitrogens is 1. The highest BCUT2D eigenvalue weighted by Crippen LogP contribution is 2.53. The van der Waals surface area contributed by atoms with Crippen LogP contribution in [0.5, 0.6) is 5.75 Å². The van der Waals surface area contributed by atoms with Crippen molar-refractivity contribution in [2.75, 3.05) is 76.3 Å². The van der Waals surface area contributed by atoms with Gasteiger partial charge in [0.2, 0.25) is 5.95 Å². The highest BCUT2D eigenvalue weighted by Gasteiger charge is 2.48. The van der Waals surface area contributed by atoms with Gasteiger partial charge in [-0.25, -0.2) is 9.78 Å². The molecule has 0 radical (unpaired) electrons. The zero-order valence-electron chi connectivity index (χ0n) is 31.4. The topological polar surface area (TPSA) is 103 Å². The molecular formula is C39H49F3N8O3. The third kappa shape index (κ3) is 7.06. The molecule has 2 aromatic heterocycles. The van der Waals surface area contributed by atoms with Gasteiger partial charge in [-0.3, -0.25) is 5.10 Å². The number of anilines is 2. The maximum atomic E-state index is 14.1. The van der Waals surface area contributed by atoms with Gasteiger partial charge in [-0.2, -0.15) is 23.3 Å². The predicted molar refractivity (Wildman–Crippen MR) is 199 cm³/mol. The fourth-order valence-electron chi connectivity index (χ4n) is 8.43. The summed E-state index contributed by atoms with van der Waals surface area (Å²) in [4.78, 5) is 31.4. The Balaban J connectivity index is 1.23. The average molecular weight is 735 g/mol. The van der Waals surface area contributed by atoms with E-state index in [1.165, 1.54) is 0 Å². The molecule has 4 aliphatic rings. The van der Waals surface area contributed by atoms with Gasteiger partial charge in [-0.05, 0) is 102 Å². The lowest BCUT2D eigenvalue weighted by atomic mass is 9.72. The second kappa shape index (κ2) is 12.9. The number of carbonyl (C=O) groups excluding carboxylic acids is 1. The van der Waals surface area contributed by atoms with Gasteiger partial charge >= 0.3 is 12.3 Å². The van der Waals surface area contributed by atoms with Gasteiger partial charge in [-0.15, -0.1) is 0 Å². The van der Waals surface area contributed by atoms with Crippen LogP contribution in [0, 0.1) is 18.3 Å². The number of aromatic nitrogens is 4. The lowest BCUT2D eigenvalue weighted by Crippen LogP contribution is -2.62. The van der Waals surface area contributed by atoms with E-state index < -0.39 is 18.4 Å². The molecule has 1 spiro atoms. The maximum absolute atomic E-state index is 14.1. The first-order chi connectivity index (χ1) is 25.1. The van der Waals surface area contributed by atoms with E-state index in [1.807, 2.05) is 39.8 Å². The van der Waals surface area contributed by atoms with Gasteiger partial charge in [0.15, 0.2) is 12.4 Å². The Morgan fingerprint density at radius 3 is 2.38 bits per heavy atom. The van der Waals surface area contributed by atoms with E-state index in [0.717, 1.165) is 78.7 Å². The number of likely N-dealkylation sites (tertiary alicyclic amines) is 1. The number of ether oxygens (including phenoxy) is 2. The molecule has 4 aromatic rings. The minimum Gasteiger partial charge on any atom is -0.481 e. The number of carbonyl (C=O) groups is 1. The molecule has 14 heteroatoms. The minimum atomic E-state index is -4.55. The monoisotopic (exact) mass is 734 g/mol. The molecule has 1 N–H and O–H groups in total. The molecular weight excluding hydrogens is 685 g/mol. The summed E-state index contributed by atoms with van der Waals surface area (Å²) in [6.07, 6.45) is 0.490. The summed E-state index contributed by atoms with van der Waals surface area (Å²) in [6, 6.07) is 6.04. The van der Waals surface area contributed by atoms with Crippen molar-refractivity contribution < 1.29 is 27.4 Å². The number of aryl methyl sites for hydroxylation is 1. The number of alkyl halides is 3. The minimum absolute atomic E-state index is 0.00403. The third-order valence-electron chi connectivity index (χ3n) is 11.1. The van der Waals surface area contributed by atoms with Crippen molar-refractivity contribution >= 4 is 39.7 Å². The number of fused-ring (bicyclic) bond motifs is 2. The second-order valence-electron chi connectivity index (χ2n) is 17.0. The summed E-state index contributed by atoms with van der Waals surface area (Å²) >= 11 is 0. The third-order valence-corrected chi connectivity index (χ3v) is 11.1. The number of aromatic amines is 1. The smallest absolute Gasteiger partial charge is 0.422 e. The number of halogens is 3. The van der Waals surface area contributed by atoms with Gasteiger partial charge in [0.05, 0.1) is 11.7 Å². The summed E-state index contributed by atoms with van der Waals surface area (Å²) in [7, 11) is 4.11. The SMILES string of the molecule is Cc1ccc2[nH]ncc2c1-c1c(C2CC2)cc2c(N3CCC4(CC3)CN(C(=O)OC(C)(C)C)C4)nc(N3CC(CN(C)C)C3)nc2c1OCC(F)(F)F. The predicted octanol–water partition coefficient (Wildman–Crippen LogP) is 7.14. The molecule has 1 saturated carbocycles. The van der Waals surface area contributed by atoms with E-state index in [0.29, 0.717) is 54.5 Å². The van der Waals surface area contributed by atoms with Crippen molar-refractivity contribution in [3.05, 3.63) is 35.5 Å². The maximum Gasteiger partial charge on any atom is 0.422 e. The highest BCUT2D eigenvalue weighted by molar-refractivity contribution is 6.06. The molecule has 8 rings (SSSR count). The van der Waals surface area contributed by atoms with Gasteiger partial charge in [0.1, 0.15) is 16.9 Å². The fraction of sp³-hybridized carbons (Fsp3) is 0.590. The summed E-state index contributed by atoms with van der Waals surface area (Å²) in [5.74, 6) is 1.99. The van der Waals surface area contributed by atoms with Crippen molar-refractivity contribution in [3.8, 4) is 16.9 Å². The number of hydrogen-bond acceptors (Lipinski definition) is 9. The van der Waals surface area contributed by atoms with E-state index in [1.54, 1.807) is 11.1 Å². The summed E-state index contributed by atoms with van der Waals surface area (Å²) < 4.78 is 53.8. The van der Waals surface area contributed by atoms with Crippen LogP contribution in [0.25, 0.3) is 32.9 Å². The van der Waals surface area contributed by atoms with Crippen molar-refractivity contribution in [1.82, 2.24) is 30.0 Å². The van der Waals surface area contributed by atoms with E-state index in [-0.39, 0.29) is 23.2 Å². The Hall–Kier alpha value is -4.33. The van der Waals surface area contributed by atoms with E-state index in [2.05, 4.69) is 45.1 Å². The van der Waals surface area contributed by atoms with Crippen LogP contribution in [-0.2, 0) is 4.74 Å². The first-order valence-corrected chi connectivity index (χ1v) is 18.7. The molecule has 11 nitrogen and oxygen atoms in total. The van der Waals surface area contributed by atoms with Crippen molar-refractivity contribution in [1.29, 1.82) is 0 Å². The van der Waals surface area contributed by atoms with E-state index >= 15 is 0 Å². The molecule has 0 unspecified atom stereocenters. The Morgan fingerprint density at radius 2 is 1.74 bits per heavy atom. The molecule has 2 aromatic carbocycles.